The summed E-state index contributed by atoms with van der Waals surface area (Å²) in [6, 6.07) is 2.23. The zero-order chi connectivity index (χ0) is 13.9. The highest BCUT2D eigenvalue weighted by atomic mass is 32.1. The number of hydrogen-bond acceptors (Lipinski definition) is 5. The normalized spacial score (nSPS) is 16.4. The molecule has 1 aliphatic heterocycles. The van der Waals surface area contributed by atoms with E-state index in [1.54, 1.807) is 11.3 Å². The summed E-state index contributed by atoms with van der Waals surface area (Å²) in [6.07, 6.45) is 3.80. The zero-order valence-corrected chi connectivity index (χ0v) is 13.0. The summed E-state index contributed by atoms with van der Waals surface area (Å²) in [5.41, 5.74) is 1.15. The minimum Gasteiger partial charge on any atom is -0.348 e. The van der Waals surface area contributed by atoms with Gasteiger partial charge in [-0.05, 0) is 36.8 Å². The van der Waals surface area contributed by atoms with Crippen molar-refractivity contribution in [3.63, 3.8) is 0 Å². The summed E-state index contributed by atoms with van der Waals surface area (Å²) in [4.78, 5) is 19.6. The van der Waals surface area contributed by atoms with Gasteiger partial charge in [-0.1, -0.05) is 0 Å². The van der Waals surface area contributed by atoms with E-state index in [1.807, 2.05) is 29.9 Å². The molecule has 106 valence electrons. The Kier molecular flexibility index (Phi) is 4.03. The molecule has 0 aromatic carbocycles. The molecule has 3 rings (SSSR count). The van der Waals surface area contributed by atoms with Gasteiger partial charge in [-0.25, -0.2) is 4.98 Å². The summed E-state index contributed by atoms with van der Waals surface area (Å²) in [5, 5.41) is 8.25. The topological polar surface area (TPSA) is 45.2 Å². The first kappa shape index (κ1) is 13.6. The Bertz CT molecular complexity index is 571. The van der Waals surface area contributed by atoms with E-state index in [2.05, 4.69) is 15.2 Å². The summed E-state index contributed by atoms with van der Waals surface area (Å²) in [6.45, 7) is 3.93. The Hall–Kier alpha value is -1.40. The SMILES string of the molecule is Cc1csc(C(=O)NC2CCN(c3nccs3)CC2)c1. The van der Waals surface area contributed by atoms with Gasteiger partial charge < -0.3 is 10.2 Å². The molecule has 1 fully saturated rings. The van der Waals surface area contributed by atoms with Gasteiger partial charge in [0.05, 0.1) is 4.88 Å². The predicted molar refractivity (Wildman–Crippen MR) is 83.9 cm³/mol. The predicted octanol–water partition coefficient (Wildman–Crippen LogP) is 2.91. The molecule has 0 saturated carbocycles. The van der Waals surface area contributed by atoms with Gasteiger partial charge in [-0.3, -0.25) is 4.79 Å². The van der Waals surface area contributed by atoms with E-state index in [0.29, 0.717) is 0 Å². The number of hydrogen-bond donors (Lipinski definition) is 1. The molecule has 1 saturated heterocycles. The van der Waals surface area contributed by atoms with E-state index < -0.39 is 0 Å². The average molecular weight is 307 g/mol. The van der Waals surface area contributed by atoms with E-state index in [9.17, 15) is 4.79 Å². The molecule has 0 aliphatic carbocycles. The second-order valence-corrected chi connectivity index (χ2v) is 6.82. The standard InChI is InChI=1S/C14H17N3OS2/c1-10-8-12(20-9-10)13(18)16-11-2-5-17(6-3-11)14-15-4-7-19-14/h4,7-9,11H,2-3,5-6H2,1H3,(H,16,18). The Balaban J connectivity index is 1.52. The number of carbonyl (C=O) groups is 1. The second kappa shape index (κ2) is 5.93. The number of piperidine rings is 1. The number of rotatable bonds is 3. The van der Waals surface area contributed by atoms with Crippen LogP contribution < -0.4 is 10.2 Å². The molecule has 20 heavy (non-hydrogen) atoms. The summed E-state index contributed by atoms with van der Waals surface area (Å²) >= 11 is 3.19. The fourth-order valence-corrected chi connectivity index (χ4v) is 3.89. The Morgan fingerprint density at radius 2 is 2.20 bits per heavy atom. The van der Waals surface area contributed by atoms with Crippen LogP contribution in [0.4, 0.5) is 5.13 Å². The number of carbonyl (C=O) groups excluding carboxylic acids is 1. The Labute approximate surface area is 126 Å². The molecule has 0 spiro atoms. The number of anilines is 1. The number of amides is 1. The van der Waals surface area contributed by atoms with Gasteiger partial charge in [-0.15, -0.1) is 22.7 Å². The van der Waals surface area contributed by atoms with Crippen molar-refractivity contribution in [3.05, 3.63) is 33.5 Å². The van der Waals surface area contributed by atoms with Crippen LogP contribution in [-0.4, -0.2) is 30.0 Å². The number of thiazole rings is 1. The van der Waals surface area contributed by atoms with Gasteiger partial charge in [0, 0.05) is 30.7 Å². The van der Waals surface area contributed by atoms with Gasteiger partial charge in [0.2, 0.25) is 0 Å². The molecule has 0 atom stereocenters. The van der Waals surface area contributed by atoms with E-state index in [1.165, 1.54) is 11.3 Å². The third-order valence-electron chi connectivity index (χ3n) is 3.47. The molecular formula is C14H17N3OS2. The van der Waals surface area contributed by atoms with Crippen molar-refractivity contribution >= 4 is 33.7 Å². The largest absolute Gasteiger partial charge is 0.348 e. The van der Waals surface area contributed by atoms with Crippen LogP contribution in [0.5, 0.6) is 0 Å². The van der Waals surface area contributed by atoms with Gasteiger partial charge in [0.25, 0.3) is 5.91 Å². The van der Waals surface area contributed by atoms with Crippen molar-refractivity contribution in [1.29, 1.82) is 0 Å². The van der Waals surface area contributed by atoms with Crippen LogP contribution in [0.2, 0.25) is 0 Å². The second-order valence-electron chi connectivity index (χ2n) is 5.04. The molecule has 4 nitrogen and oxygen atoms in total. The lowest BCUT2D eigenvalue weighted by Crippen LogP contribution is -2.44. The van der Waals surface area contributed by atoms with Gasteiger partial charge in [0.15, 0.2) is 5.13 Å². The van der Waals surface area contributed by atoms with Gasteiger partial charge >= 0.3 is 0 Å². The zero-order valence-electron chi connectivity index (χ0n) is 11.3. The first-order chi connectivity index (χ1) is 9.72. The first-order valence-corrected chi connectivity index (χ1v) is 8.49. The van der Waals surface area contributed by atoms with E-state index >= 15 is 0 Å². The van der Waals surface area contributed by atoms with Crippen molar-refractivity contribution < 1.29 is 4.79 Å². The Morgan fingerprint density at radius 3 is 2.80 bits per heavy atom. The highest BCUT2D eigenvalue weighted by molar-refractivity contribution is 7.13. The summed E-state index contributed by atoms with van der Waals surface area (Å²) < 4.78 is 0. The minimum absolute atomic E-state index is 0.0656. The molecule has 3 heterocycles. The lowest BCUT2D eigenvalue weighted by atomic mass is 10.1. The molecule has 0 bridgehead atoms. The van der Waals surface area contributed by atoms with Crippen molar-refractivity contribution in [3.8, 4) is 0 Å². The van der Waals surface area contributed by atoms with Crippen LogP contribution in [-0.2, 0) is 0 Å². The third kappa shape index (κ3) is 3.02. The lowest BCUT2D eigenvalue weighted by molar-refractivity contribution is 0.0935. The first-order valence-electron chi connectivity index (χ1n) is 6.73. The van der Waals surface area contributed by atoms with E-state index in [0.717, 1.165) is 41.5 Å². The Morgan fingerprint density at radius 1 is 1.40 bits per heavy atom. The number of aryl methyl sites for hydroxylation is 1. The molecule has 1 amide bonds. The lowest BCUT2D eigenvalue weighted by Gasteiger charge is -2.32. The van der Waals surface area contributed by atoms with Crippen LogP contribution in [0.3, 0.4) is 0 Å². The third-order valence-corrected chi connectivity index (χ3v) is 5.35. The molecular weight excluding hydrogens is 290 g/mol. The molecule has 0 unspecified atom stereocenters. The maximum absolute atomic E-state index is 12.1. The van der Waals surface area contributed by atoms with Crippen LogP contribution in [0.1, 0.15) is 28.1 Å². The van der Waals surface area contributed by atoms with Crippen molar-refractivity contribution in [2.75, 3.05) is 18.0 Å². The van der Waals surface area contributed by atoms with Crippen LogP contribution in [0, 0.1) is 6.92 Å². The molecule has 6 heteroatoms. The summed E-state index contributed by atoms with van der Waals surface area (Å²) in [7, 11) is 0. The van der Waals surface area contributed by atoms with Gasteiger partial charge in [0.1, 0.15) is 0 Å². The molecule has 0 radical (unpaired) electrons. The smallest absolute Gasteiger partial charge is 0.261 e. The number of nitrogens with zero attached hydrogens (tertiary/aromatic N) is 2. The number of aromatic nitrogens is 1. The van der Waals surface area contributed by atoms with Crippen LogP contribution >= 0.6 is 22.7 Å². The highest BCUT2D eigenvalue weighted by Gasteiger charge is 2.22. The van der Waals surface area contributed by atoms with Crippen molar-refractivity contribution in [1.82, 2.24) is 10.3 Å². The number of thiophene rings is 1. The van der Waals surface area contributed by atoms with Crippen molar-refractivity contribution in [2.24, 2.45) is 0 Å². The quantitative estimate of drug-likeness (QED) is 0.948. The van der Waals surface area contributed by atoms with Crippen LogP contribution in [0.15, 0.2) is 23.0 Å². The molecule has 1 aliphatic rings. The monoisotopic (exact) mass is 307 g/mol. The van der Waals surface area contributed by atoms with Crippen LogP contribution in [0.25, 0.3) is 0 Å². The molecule has 2 aromatic rings. The maximum atomic E-state index is 12.1. The maximum Gasteiger partial charge on any atom is 0.261 e. The molecule has 2 aromatic heterocycles. The minimum atomic E-state index is 0.0656. The highest BCUT2D eigenvalue weighted by Crippen LogP contribution is 2.22. The summed E-state index contributed by atoms with van der Waals surface area (Å²) in [5.74, 6) is 0.0656. The fraction of sp³-hybridized carbons (Fsp3) is 0.429. The fourth-order valence-electron chi connectivity index (χ4n) is 2.39. The van der Waals surface area contributed by atoms with Crippen molar-refractivity contribution in [2.45, 2.75) is 25.8 Å². The van der Waals surface area contributed by atoms with Gasteiger partial charge in [-0.2, -0.15) is 0 Å². The number of nitrogens with one attached hydrogen (secondary N) is 1. The molecule has 1 N–H and O–H groups in total. The van der Waals surface area contributed by atoms with E-state index in [-0.39, 0.29) is 11.9 Å². The van der Waals surface area contributed by atoms with E-state index in [4.69, 9.17) is 0 Å². The average Bonchev–Trinajstić information content (AvgIpc) is 3.10.